The Labute approximate surface area is 60.7 Å². The summed E-state index contributed by atoms with van der Waals surface area (Å²) in [6.07, 6.45) is 3.48. The van der Waals surface area contributed by atoms with Crippen LogP contribution in [0.4, 0.5) is 0 Å². The molecule has 0 aromatic heterocycles. The first kappa shape index (κ1) is 7.19. The van der Waals surface area contributed by atoms with E-state index in [1.807, 2.05) is 13.8 Å². The average molecular weight is 137 g/mol. The molecule has 0 atom stereocenters. The van der Waals surface area contributed by atoms with E-state index < -0.39 is 0 Å². The highest BCUT2D eigenvalue weighted by Crippen LogP contribution is 2.08. The lowest BCUT2D eigenvalue weighted by Gasteiger charge is -2.01. The molecule has 1 aliphatic heterocycles. The summed E-state index contributed by atoms with van der Waals surface area (Å²) in [4.78, 5) is 15.1. The Bertz CT molecular complexity index is 201. The molecule has 0 aromatic carbocycles. The Morgan fingerprint density at radius 2 is 2.40 bits per heavy atom. The average Bonchev–Trinajstić information content (AvgIpc) is 2.36. The molecule has 1 aliphatic rings. The summed E-state index contributed by atoms with van der Waals surface area (Å²) in [5, 5.41) is 0. The van der Waals surface area contributed by atoms with E-state index in [-0.39, 0.29) is 11.7 Å². The third-order valence-electron chi connectivity index (χ3n) is 1.48. The number of aliphatic imine (C=N–C) groups is 1. The fraction of sp³-hybridized carbons (Fsp3) is 0.500. The van der Waals surface area contributed by atoms with Crippen molar-refractivity contribution in [2.75, 3.05) is 6.54 Å². The second kappa shape index (κ2) is 2.78. The summed E-state index contributed by atoms with van der Waals surface area (Å²) < 4.78 is 0. The third-order valence-corrected chi connectivity index (χ3v) is 1.48. The molecule has 2 heteroatoms. The predicted molar refractivity (Wildman–Crippen MR) is 41.3 cm³/mol. The van der Waals surface area contributed by atoms with Crippen LogP contribution < -0.4 is 0 Å². The Morgan fingerprint density at radius 3 is 2.80 bits per heavy atom. The van der Waals surface area contributed by atoms with Gasteiger partial charge >= 0.3 is 0 Å². The molecule has 1 rings (SSSR count). The number of Topliss-reactive ketones (excluding diaryl/α,β-unsaturated/α-hetero) is 1. The van der Waals surface area contributed by atoms with Crippen LogP contribution in [-0.4, -0.2) is 18.5 Å². The van der Waals surface area contributed by atoms with E-state index in [2.05, 4.69) is 4.99 Å². The van der Waals surface area contributed by atoms with Crippen LogP contribution in [0, 0.1) is 5.92 Å². The normalized spacial score (nSPS) is 16.1. The van der Waals surface area contributed by atoms with Crippen molar-refractivity contribution in [3.63, 3.8) is 0 Å². The number of rotatable bonds is 2. The maximum absolute atomic E-state index is 11.2. The van der Waals surface area contributed by atoms with Crippen LogP contribution in [0.5, 0.6) is 0 Å². The van der Waals surface area contributed by atoms with E-state index in [0.717, 1.165) is 5.57 Å². The van der Waals surface area contributed by atoms with Crippen LogP contribution in [0.25, 0.3) is 0 Å². The molecular weight excluding hydrogens is 126 g/mol. The molecule has 0 fully saturated rings. The van der Waals surface area contributed by atoms with Crippen molar-refractivity contribution in [1.29, 1.82) is 0 Å². The quantitative estimate of drug-likeness (QED) is 0.562. The van der Waals surface area contributed by atoms with E-state index in [1.165, 1.54) is 0 Å². The zero-order chi connectivity index (χ0) is 7.56. The number of hydrogen-bond donors (Lipinski definition) is 0. The Balaban J connectivity index is 2.59. The first-order valence-corrected chi connectivity index (χ1v) is 3.45. The van der Waals surface area contributed by atoms with E-state index in [1.54, 1.807) is 12.3 Å². The molecule has 0 radical (unpaired) electrons. The van der Waals surface area contributed by atoms with Crippen LogP contribution in [-0.2, 0) is 4.79 Å². The van der Waals surface area contributed by atoms with Gasteiger partial charge in [-0.25, -0.2) is 0 Å². The van der Waals surface area contributed by atoms with E-state index in [4.69, 9.17) is 0 Å². The van der Waals surface area contributed by atoms with Gasteiger partial charge in [-0.05, 0) is 6.08 Å². The van der Waals surface area contributed by atoms with Gasteiger partial charge in [0.05, 0.1) is 6.54 Å². The standard InChI is InChI=1S/C8H11NO/c1-6(2)8(10)7-3-4-9-5-7/h3-4,6H,5H2,1-2H3. The van der Waals surface area contributed by atoms with Crippen LogP contribution in [0.2, 0.25) is 0 Å². The highest BCUT2D eigenvalue weighted by atomic mass is 16.1. The molecule has 10 heavy (non-hydrogen) atoms. The summed E-state index contributed by atoms with van der Waals surface area (Å²) in [5.74, 6) is 0.324. The molecule has 1 heterocycles. The Kier molecular flexibility index (Phi) is 2.00. The van der Waals surface area contributed by atoms with Gasteiger partial charge in [0.15, 0.2) is 5.78 Å². The van der Waals surface area contributed by atoms with Gasteiger partial charge in [-0.15, -0.1) is 0 Å². The van der Waals surface area contributed by atoms with Crippen LogP contribution in [0.15, 0.2) is 16.6 Å². The fourth-order valence-electron chi connectivity index (χ4n) is 0.877. The van der Waals surface area contributed by atoms with Gasteiger partial charge in [0.1, 0.15) is 0 Å². The molecule has 54 valence electrons. The van der Waals surface area contributed by atoms with Crippen molar-refractivity contribution in [2.24, 2.45) is 10.9 Å². The zero-order valence-electron chi connectivity index (χ0n) is 6.29. The summed E-state index contributed by atoms with van der Waals surface area (Å²) in [7, 11) is 0. The lowest BCUT2D eigenvalue weighted by molar-refractivity contribution is -0.118. The van der Waals surface area contributed by atoms with Crippen LogP contribution in [0.3, 0.4) is 0 Å². The SMILES string of the molecule is CC(C)C(=O)C1=CC=NC1. The number of ketones is 1. The molecular formula is C8H11NO. The number of carbonyl (C=O) groups excluding carboxylic acids is 1. The molecule has 0 bridgehead atoms. The van der Waals surface area contributed by atoms with Gasteiger partial charge < -0.3 is 0 Å². The van der Waals surface area contributed by atoms with Crippen molar-refractivity contribution in [2.45, 2.75) is 13.8 Å². The van der Waals surface area contributed by atoms with E-state index in [0.29, 0.717) is 6.54 Å². The lowest BCUT2D eigenvalue weighted by Crippen LogP contribution is -2.10. The number of allylic oxidation sites excluding steroid dienone is 1. The Morgan fingerprint density at radius 1 is 1.70 bits per heavy atom. The zero-order valence-corrected chi connectivity index (χ0v) is 6.29. The highest BCUT2D eigenvalue weighted by molar-refractivity contribution is 6.02. The van der Waals surface area contributed by atoms with Crippen molar-refractivity contribution in [3.05, 3.63) is 11.6 Å². The first-order valence-electron chi connectivity index (χ1n) is 3.45. The van der Waals surface area contributed by atoms with Crippen LogP contribution >= 0.6 is 0 Å². The monoisotopic (exact) mass is 137 g/mol. The minimum atomic E-state index is 0.105. The number of hydrogen-bond acceptors (Lipinski definition) is 2. The maximum Gasteiger partial charge on any atom is 0.163 e. The molecule has 0 N–H and O–H groups in total. The second-order valence-electron chi connectivity index (χ2n) is 2.70. The molecule has 0 unspecified atom stereocenters. The smallest absolute Gasteiger partial charge is 0.163 e. The van der Waals surface area contributed by atoms with Crippen molar-refractivity contribution in [1.82, 2.24) is 0 Å². The molecule has 0 saturated heterocycles. The number of carbonyl (C=O) groups is 1. The number of nitrogens with zero attached hydrogens (tertiary/aromatic N) is 1. The van der Waals surface area contributed by atoms with Gasteiger partial charge in [0, 0.05) is 17.7 Å². The molecule has 0 saturated carbocycles. The van der Waals surface area contributed by atoms with Gasteiger partial charge in [-0.3, -0.25) is 9.79 Å². The topological polar surface area (TPSA) is 29.4 Å². The largest absolute Gasteiger partial charge is 0.294 e. The van der Waals surface area contributed by atoms with Gasteiger partial charge in [0.25, 0.3) is 0 Å². The van der Waals surface area contributed by atoms with E-state index >= 15 is 0 Å². The predicted octanol–water partition coefficient (Wildman–Crippen LogP) is 1.22. The summed E-state index contributed by atoms with van der Waals surface area (Å²) >= 11 is 0. The fourth-order valence-corrected chi connectivity index (χ4v) is 0.877. The second-order valence-corrected chi connectivity index (χ2v) is 2.70. The summed E-state index contributed by atoms with van der Waals surface area (Å²) in [6.45, 7) is 4.39. The van der Waals surface area contributed by atoms with Gasteiger partial charge in [0.2, 0.25) is 0 Å². The highest BCUT2D eigenvalue weighted by Gasteiger charge is 2.13. The lowest BCUT2D eigenvalue weighted by atomic mass is 10.0. The molecule has 2 nitrogen and oxygen atoms in total. The maximum atomic E-state index is 11.2. The van der Waals surface area contributed by atoms with Crippen molar-refractivity contribution < 1.29 is 4.79 Å². The molecule has 0 aromatic rings. The molecule has 0 aliphatic carbocycles. The van der Waals surface area contributed by atoms with E-state index in [9.17, 15) is 4.79 Å². The van der Waals surface area contributed by atoms with Crippen molar-refractivity contribution in [3.8, 4) is 0 Å². The third kappa shape index (κ3) is 1.32. The first-order chi connectivity index (χ1) is 4.72. The van der Waals surface area contributed by atoms with Gasteiger partial charge in [-0.1, -0.05) is 13.8 Å². The Hall–Kier alpha value is -0.920. The minimum Gasteiger partial charge on any atom is -0.294 e. The van der Waals surface area contributed by atoms with Gasteiger partial charge in [-0.2, -0.15) is 0 Å². The summed E-state index contributed by atoms with van der Waals surface area (Å²) in [5.41, 5.74) is 0.843. The van der Waals surface area contributed by atoms with Crippen molar-refractivity contribution >= 4 is 12.0 Å². The summed E-state index contributed by atoms with van der Waals surface area (Å²) in [6, 6.07) is 0. The van der Waals surface area contributed by atoms with Crippen LogP contribution in [0.1, 0.15) is 13.8 Å². The minimum absolute atomic E-state index is 0.105. The molecule has 0 amide bonds. The molecule has 0 spiro atoms.